The lowest BCUT2D eigenvalue weighted by molar-refractivity contribution is -0.122. The zero-order valence-corrected chi connectivity index (χ0v) is 11.8. The lowest BCUT2D eigenvalue weighted by Gasteiger charge is -2.13. The van der Waals surface area contributed by atoms with E-state index in [1.165, 1.54) is 6.92 Å². The van der Waals surface area contributed by atoms with E-state index in [-0.39, 0.29) is 0 Å². The van der Waals surface area contributed by atoms with Gasteiger partial charge in [0, 0.05) is 6.54 Å². The molecule has 20 heavy (non-hydrogen) atoms. The molecule has 1 atom stereocenters. The van der Waals surface area contributed by atoms with Crippen LogP contribution in [0, 0.1) is 0 Å². The van der Waals surface area contributed by atoms with Crippen LogP contribution in [0.15, 0.2) is 11.2 Å². The van der Waals surface area contributed by atoms with Crippen molar-refractivity contribution in [1.82, 2.24) is 20.2 Å². The largest absolute Gasteiger partial charge is 0.478 e. The van der Waals surface area contributed by atoms with Gasteiger partial charge in [-0.25, -0.2) is 13.2 Å². The first-order valence-corrected chi connectivity index (χ1v) is 7.34. The number of aromatic amines is 1. The Kier molecular flexibility index (Phi) is 5.22. The fraction of sp³-hybridized carbons (Fsp3) is 0.500. The molecule has 1 unspecified atom stereocenters. The van der Waals surface area contributed by atoms with Crippen LogP contribution in [-0.4, -0.2) is 48.2 Å². The van der Waals surface area contributed by atoms with Gasteiger partial charge in [-0.1, -0.05) is 6.92 Å². The van der Waals surface area contributed by atoms with Crippen LogP contribution in [0.25, 0.3) is 0 Å². The molecule has 1 amide bonds. The number of hydrogen-bond acceptors (Lipinski definition) is 5. The van der Waals surface area contributed by atoms with Gasteiger partial charge in [-0.05, 0) is 13.3 Å². The summed E-state index contributed by atoms with van der Waals surface area (Å²) in [6, 6.07) is -1.03. The van der Waals surface area contributed by atoms with Crippen molar-refractivity contribution in [3.8, 4) is 0 Å². The number of sulfonamides is 1. The number of carboxylic acids is 1. The Balaban J connectivity index is 2.87. The van der Waals surface area contributed by atoms with E-state index in [9.17, 15) is 18.0 Å². The van der Waals surface area contributed by atoms with E-state index in [1.807, 2.05) is 6.92 Å². The summed E-state index contributed by atoms with van der Waals surface area (Å²) in [7, 11) is -4.17. The number of rotatable bonds is 7. The van der Waals surface area contributed by atoms with Crippen molar-refractivity contribution in [3.63, 3.8) is 0 Å². The first-order chi connectivity index (χ1) is 9.29. The number of carboxylic acid groups (broad SMARTS) is 1. The molecular formula is C10H16N4O5S. The number of aromatic carboxylic acids is 1. The lowest BCUT2D eigenvalue weighted by Crippen LogP contribution is -2.45. The van der Waals surface area contributed by atoms with E-state index in [1.54, 1.807) is 0 Å². The number of nitrogens with one attached hydrogen (secondary N) is 3. The number of carbonyl (C=O) groups is 2. The minimum atomic E-state index is -4.17. The van der Waals surface area contributed by atoms with Gasteiger partial charge in [0.05, 0.1) is 12.2 Å². The Morgan fingerprint density at radius 3 is 2.70 bits per heavy atom. The van der Waals surface area contributed by atoms with E-state index < -0.39 is 38.5 Å². The van der Waals surface area contributed by atoms with E-state index in [0.29, 0.717) is 6.54 Å². The van der Waals surface area contributed by atoms with E-state index in [0.717, 1.165) is 12.6 Å². The van der Waals surface area contributed by atoms with Crippen LogP contribution in [0.5, 0.6) is 0 Å². The molecule has 1 aromatic heterocycles. The molecule has 0 aromatic carbocycles. The zero-order chi connectivity index (χ0) is 15.3. The predicted molar refractivity (Wildman–Crippen MR) is 68.6 cm³/mol. The van der Waals surface area contributed by atoms with Crippen LogP contribution in [0.1, 0.15) is 30.6 Å². The van der Waals surface area contributed by atoms with Crippen molar-refractivity contribution in [2.24, 2.45) is 0 Å². The SMILES string of the molecule is CCCNC(=O)C(C)NS(=O)(=O)c1[nH]ncc1C(=O)O. The summed E-state index contributed by atoms with van der Waals surface area (Å²) in [5.41, 5.74) is -0.487. The summed E-state index contributed by atoms with van der Waals surface area (Å²) < 4.78 is 26.1. The molecule has 0 radical (unpaired) electrons. The van der Waals surface area contributed by atoms with E-state index in [2.05, 4.69) is 20.2 Å². The Morgan fingerprint density at radius 1 is 1.50 bits per heavy atom. The van der Waals surface area contributed by atoms with Crippen LogP contribution in [-0.2, 0) is 14.8 Å². The third-order valence-electron chi connectivity index (χ3n) is 2.38. The van der Waals surface area contributed by atoms with Crippen molar-refractivity contribution in [2.75, 3.05) is 6.54 Å². The molecule has 0 spiro atoms. The highest BCUT2D eigenvalue weighted by Crippen LogP contribution is 2.12. The number of aromatic nitrogens is 2. The van der Waals surface area contributed by atoms with Gasteiger partial charge in [-0.15, -0.1) is 0 Å². The molecule has 0 aliphatic rings. The number of carbonyl (C=O) groups excluding carboxylic acids is 1. The Hall–Kier alpha value is -1.94. The molecule has 112 valence electrons. The fourth-order valence-corrected chi connectivity index (χ4v) is 2.67. The summed E-state index contributed by atoms with van der Waals surface area (Å²) in [6.07, 6.45) is 1.60. The van der Waals surface area contributed by atoms with Gasteiger partial charge < -0.3 is 10.4 Å². The summed E-state index contributed by atoms with van der Waals surface area (Å²) in [6.45, 7) is 3.65. The summed E-state index contributed by atoms with van der Waals surface area (Å²) >= 11 is 0. The highest BCUT2D eigenvalue weighted by molar-refractivity contribution is 7.89. The molecule has 1 aromatic rings. The lowest BCUT2D eigenvalue weighted by atomic mass is 10.3. The van der Waals surface area contributed by atoms with Crippen molar-refractivity contribution in [2.45, 2.75) is 31.3 Å². The van der Waals surface area contributed by atoms with Gasteiger partial charge in [-0.2, -0.15) is 9.82 Å². The summed E-state index contributed by atoms with van der Waals surface area (Å²) in [5, 5.41) is 16.3. The fourth-order valence-electron chi connectivity index (χ4n) is 1.38. The molecule has 0 fully saturated rings. The molecule has 1 rings (SSSR count). The van der Waals surface area contributed by atoms with E-state index >= 15 is 0 Å². The van der Waals surface area contributed by atoms with Gasteiger partial charge in [-0.3, -0.25) is 9.89 Å². The van der Waals surface area contributed by atoms with Crippen LogP contribution >= 0.6 is 0 Å². The minimum absolute atomic E-state index is 0.426. The molecule has 4 N–H and O–H groups in total. The summed E-state index contributed by atoms with van der Waals surface area (Å²) in [4.78, 5) is 22.4. The van der Waals surface area contributed by atoms with Crippen molar-refractivity contribution >= 4 is 21.9 Å². The van der Waals surface area contributed by atoms with Crippen LogP contribution in [0.2, 0.25) is 0 Å². The number of hydrogen-bond donors (Lipinski definition) is 4. The highest BCUT2D eigenvalue weighted by Gasteiger charge is 2.28. The second-order valence-corrected chi connectivity index (χ2v) is 5.70. The number of nitrogens with zero attached hydrogens (tertiary/aromatic N) is 1. The highest BCUT2D eigenvalue weighted by atomic mass is 32.2. The molecule has 0 aliphatic heterocycles. The van der Waals surface area contributed by atoms with E-state index in [4.69, 9.17) is 5.11 Å². The number of amides is 1. The monoisotopic (exact) mass is 304 g/mol. The Morgan fingerprint density at radius 2 is 2.15 bits per heavy atom. The topological polar surface area (TPSA) is 141 Å². The second kappa shape index (κ2) is 6.48. The average Bonchev–Trinajstić information content (AvgIpc) is 2.85. The molecule has 10 heteroatoms. The minimum Gasteiger partial charge on any atom is -0.478 e. The second-order valence-electron chi connectivity index (χ2n) is 4.05. The average molecular weight is 304 g/mol. The Bertz CT molecular complexity index is 595. The smallest absolute Gasteiger partial charge is 0.340 e. The van der Waals surface area contributed by atoms with Gasteiger partial charge in [0.15, 0.2) is 5.03 Å². The molecule has 1 heterocycles. The third kappa shape index (κ3) is 3.78. The van der Waals surface area contributed by atoms with Crippen molar-refractivity contribution in [1.29, 1.82) is 0 Å². The maximum absolute atomic E-state index is 12.0. The number of H-pyrrole nitrogens is 1. The van der Waals surface area contributed by atoms with Crippen molar-refractivity contribution in [3.05, 3.63) is 11.8 Å². The zero-order valence-electron chi connectivity index (χ0n) is 11.0. The van der Waals surface area contributed by atoms with Gasteiger partial charge in [0.2, 0.25) is 5.91 Å². The van der Waals surface area contributed by atoms with Crippen LogP contribution in [0.3, 0.4) is 0 Å². The third-order valence-corrected chi connectivity index (χ3v) is 3.89. The van der Waals surface area contributed by atoms with Gasteiger partial charge >= 0.3 is 5.97 Å². The van der Waals surface area contributed by atoms with Crippen LogP contribution < -0.4 is 10.0 Å². The molecule has 0 saturated heterocycles. The first-order valence-electron chi connectivity index (χ1n) is 5.86. The maximum atomic E-state index is 12.0. The Labute approximate surface area is 115 Å². The van der Waals surface area contributed by atoms with Crippen molar-refractivity contribution < 1.29 is 23.1 Å². The molecule has 0 bridgehead atoms. The quantitative estimate of drug-likeness (QED) is 0.525. The maximum Gasteiger partial charge on any atom is 0.340 e. The molecular weight excluding hydrogens is 288 g/mol. The van der Waals surface area contributed by atoms with Gasteiger partial charge in [0.25, 0.3) is 10.0 Å². The van der Waals surface area contributed by atoms with Gasteiger partial charge in [0.1, 0.15) is 5.56 Å². The normalized spacial score (nSPS) is 12.9. The summed E-state index contributed by atoms with van der Waals surface area (Å²) in [5.74, 6) is -1.92. The first kappa shape index (κ1) is 16.1. The predicted octanol–water partition coefficient (Wildman–Crippen LogP) is -0.699. The molecule has 0 saturated carbocycles. The molecule has 9 nitrogen and oxygen atoms in total. The van der Waals surface area contributed by atoms with Crippen LogP contribution in [0.4, 0.5) is 0 Å². The molecule has 0 aliphatic carbocycles. The standard InChI is InChI=1S/C10H16N4O5S/c1-3-4-11-8(15)6(2)14-20(18,19)9-7(10(16)17)5-12-13-9/h5-6,14H,3-4H2,1-2H3,(H,11,15)(H,12,13)(H,16,17).